The summed E-state index contributed by atoms with van der Waals surface area (Å²) in [5, 5.41) is 0. The Morgan fingerprint density at radius 3 is 2.53 bits per heavy atom. The van der Waals surface area contributed by atoms with Gasteiger partial charge in [-0.1, -0.05) is 18.2 Å². The number of halogens is 3. The number of carbonyl (C=O) groups is 1. The number of para-hydroxylation sites is 1. The molecule has 0 aliphatic carbocycles. The molecule has 4 aromatic rings. The summed E-state index contributed by atoms with van der Waals surface area (Å²) in [5.74, 6) is 0.884. The molecular weight excluding hydrogens is 563 g/mol. The molecule has 2 aliphatic heterocycles. The topological polar surface area (TPSA) is 82.0 Å². The van der Waals surface area contributed by atoms with Gasteiger partial charge in [-0.05, 0) is 45.0 Å². The highest BCUT2D eigenvalue weighted by Gasteiger charge is 2.30. The minimum Gasteiger partial charge on any atom is -0.444 e. The quantitative estimate of drug-likeness (QED) is 0.279. The molecule has 1 amide bonds. The molecule has 2 aliphatic rings. The number of imidazole rings is 1. The van der Waals surface area contributed by atoms with Gasteiger partial charge in [0.25, 0.3) is 0 Å². The molecule has 43 heavy (non-hydrogen) atoms. The second-order valence-corrected chi connectivity index (χ2v) is 11.5. The van der Waals surface area contributed by atoms with E-state index in [1.165, 1.54) is 12.1 Å². The zero-order chi connectivity index (χ0) is 30.3. The van der Waals surface area contributed by atoms with E-state index in [-0.39, 0.29) is 25.1 Å². The summed E-state index contributed by atoms with van der Waals surface area (Å²) in [6.45, 7) is 5.16. The highest BCUT2D eigenvalue weighted by atomic mass is 19.3. The van der Waals surface area contributed by atoms with E-state index in [4.69, 9.17) is 14.2 Å². The predicted molar refractivity (Wildman–Crippen MR) is 154 cm³/mol. The molecule has 0 radical (unpaired) electrons. The number of alkyl halides is 2. The fourth-order valence-corrected chi connectivity index (χ4v) is 5.54. The lowest BCUT2D eigenvalue weighted by Crippen LogP contribution is -2.50. The summed E-state index contributed by atoms with van der Waals surface area (Å²) in [5.41, 5.74) is 1.97. The maximum atomic E-state index is 15.4. The van der Waals surface area contributed by atoms with Crippen LogP contribution in [0.3, 0.4) is 0 Å². The number of rotatable bonds is 5. The third kappa shape index (κ3) is 5.96. The molecule has 0 spiro atoms. The summed E-state index contributed by atoms with van der Waals surface area (Å²) in [7, 11) is 0. The summed E-state index contributed by atoms with van der Waals surface area (Å²) in [6, 6.07) is 12.8. The molecule has 0 saturated carbocycles. The monoisotopic (exact) mass is 595 g/mol. The van der Waals surface area contributed by atoms with Crippen LogP contribution in [0, 0.1) is 5.82 Å². The minimum absolute atomic E-state index is 0.0508. The maximum Gasteiger partial charge on any atom is 0.410 e. The average molecular weight is 596 g/mol. The Labute approximate surface area is 246 Å². The highest BCUT2D eigenvalue weighted by molar-refractivity contribution is 5.83. The van der Waals surface area contributed by atoms with E-state index in [1.54, 1.807) is 35.4 Å². The molecule has 226 valence electrons. The Hall–Kier alpha value is -4.32. The van der Waals surface area contributed by atoms with Crippen LogP contribution in [0.2, 0.25) is 0 Å². The van der Waals surface area contributed by atoms with Gasteiger partial charge < -0.3 is 28.6 Å². The molecule has 2 aromatic heterocycles. The van der Waals surface area contributed by atoms with Crippen molar-refractivity contribution in [2.24, 2.45) is 0 Å². The van der Waals surface area contributed by atoms with Gasteiger partial charge >= 0.3 is 12.7 Å². The van der Waals surface area contributed by atoms with E-state index in [2.05, 4.69) is 14.9 Å². The number of anilines is 1. The number of ether oxygens (including phenoxy) is 3. The lowest BCUT2D eigenvalue weighted by molar-refractivity contribution is -0.0512. The lowest BCUT2D eigenvalue weighted by atomic mass is 10.0. The van der Waals surface area contributed by atoms with Crippen LogP contribution in [0.4, 0.5) is 23.8 Å². The number of benzene rings is 2. The normalized spacial score (nSPS) is 17.3. The Morgan fingerprint density at radius 2 is 1.84 bits per heavy atom. The summed E-state index contributed by atoms with van der Waals surface area (Å²) in [6.07, 6.45) is 1.29. The number of carbonyl (C=O) groups excluding carboxylic acids is 1. The van der Waals surface area contributed by atoms with Crippen LogP contribution in [0.5, 0.6) is 5.75 Å². The Kier molecular flexibility index (Phi) is 7.63. The van der Waals surface area contributed by atoms with Gasteiger partial charge in [0.1, 0.15) is 35.4 Å². The molecule has 1 fully saturated rings. The van der Waals surface area contributed by atoms with Gasteiger partial charge in [-0.3, -0.25) is 0 Å². The van der Waals surface area contributed by atoms with Crippen molar-refractivity contribution in [3.63, 3.8) is 0 Å². The molecule has 1 saturated heterocycles. The smallest absolute Gasteiger partial charge is 0.410 e. The fraction of sp³-hybridized carbons (Fsp3) is 0.387. The number of pyridine rings is 1. The van der Waals surface area contributed by atoms with Crippen LogP contribution < -0.4 is 9.64 Å². The number of hydrogen-bond donors (Lipinski definition) is 0. The van der Waals surface area contributed by atoms with Crippen molar-refractivity contribution in [3.8, 4) is 16.9 Å². The SMILES string of the molecule is CC(C)(C)OC(=O)N1CCN(c2ccc(-c3cc4c(cc3F)nc3n4[C@@H](c4ccccc4OC(F)F)COC3)cn2)CC1. The van der Waals surface area contributed by atoms with Crippen molar-refractivity contribution in [1.29, 1.82) is 0 Å². The third-order valence-corrected chi connectivity index (χ3v) is 7.48. The van der Waals surface area contributed by atoms with Crippen LogP contribution in [0.15, 0.2) is 54.7 Å². The van der Waals surface area contributed by atoms with E-state index in [9.17, 15) is 13.6 Å². The zero-order valence-corrected chi connectivity index (χ0v) is 24.1. The summed E-state index contributed by atoms with van der Waals surface area (Å²) in [4.78, 5) is 25.3. The first-order valence-electron chi connectivity index (χ1n) is 14.1. The second kappa shape index (κ2) is 11.4. The molecule has 2 aromatic carbocycles. The molecule has 4 heterocycles. The number of amides is 1. The molecule has 0 unspecified atom stereocenters. The lowest BCUT2D eigenvalue weighted by Gasteiger charge is -2.36. The Balaban J connectivity index is 1.26. The van der Waals surface area contributed by atoms with Crippen LogP contribution in [-0.4, -0.2) is 70.5 Å². The van der Waals surface area contributed by atoms with E-state index < -0.39 is 24.1 Å². The largest absolute Gasteiger partial charge is 0.444 e. The predicted octanol–water partition coefficient (Wildman–Crippen LogP) is 6.02. The number of fused-ring (bicyclic) bond motifs is 3. The van der Waals surface area contributed by atoms with Crippen LogP contribution in [0.25, 0.3) is 22.2 Å². The number of piperazine rings is 1. The van der Waals surface area contributed by atoms with E-state index >= 15 is 4.39 Å². The van der Waals surface area contributed by atoms with Gasteiger partial charge in [0.05, 0.1) is 23.7 Å². The third-order valence-electron chi connectivity index (χ3n) is 7.48. The van der Waals surface area contributed by atoms with Crippen molar-refractivity contribution in [2.45, 2.75) is 45.6 Å². The van der Waals surface area contributed by atoms with E-state index in [0.29, 0.717) is 59.7 Å². The van der Waals surface area contributed by atoms with Gasteiger partial charge in [0, 0.05) is 55.1 Å². The molecule has 9 nitrogen and oxygen atoms in total. The molecule has 0 bridgehead atoms. The van der Waals surface area contributed by atoms with Crippen molar-refractivity contribution in [3.05, 3.63) is 71.9 Å². The molecule has 1 atom stereocenters. The minimum atomic E-state index is -2.98. The van der Waals surface area contributed by atoms with E-state index in [0.717, 1.165) is 5.82 Å². The van der Waals surface area contributed by atoms with Gasteiger partial charge in [-0.25, -0.2) is 19.2 Å². The van der Waals surface area contributed by atoms with Crippen molar-refractivity contribution < 1.29 is 32.2 Å². The Morgan fingerprint density at radius 1 is 1.07 bits per heavy atom. The van der Waals surface area contributed by atoms with Gasteiger partial charge in [-0.2, -0.15) is 8.78 Å². The van der Waals surface area contributed by atoms with Crippen molar-refractivity contribution >= 4 is 22.9 Å². The van der Waals surface area contributed by atoms with E-state index in [1.807, 2.05) is 37.5 Å². The van der Waals surface area contributed by atoms with Crippen molar-refractivity contribution in [2.75, 3.05) is 37.7 Å². The summed E-state index contributed by atoms with van der Waals surface area (Å²) >= 11 is 0. The van der Waals surface area contributed by atoms with Crippen LogP contribution >= 0.6 is 0 Å². The number of aromatic nitrogens is 3. The number of hydrogen-bond acceptors (Lipinski definition) is 7. The zero-order valence-electron chi connectivity index (χ0n) is 24.1. The molecular formula is C31H32F3N5O4. The first kappa shape index (κ1) is 28.8. The first-order chi connectivity index (χ1) is 20.6. The molecule has 0 N–H and O–H groups in total. The fourth-order valence-electron chi connectivity index (χ4n) is 5.54. The van der Waals surface area contributed by atoms with Gasteiger partial charge in [-0.15, -0.1) is 0 Å². The maximum absolute atomic E-state index is 15.4. The van der Waals surface area contributed by atoms with Crippen molar-refractivity contribution in [1.82, 2.24) is 19.4 Å². The average Bonchev–Trinajstić information content (AvgIpc) is 3.33. The molecule has 12 heteroatoms. The van der Waals surface area contributed by atoms with Gasteiger partial charge in [0.15, 0.2) is 0 Å². The van der Waals surface area contributed by atoms with Crippen LogP contribution in [-0.2, 0) is 16.1 Å². The highest BCUT2D eigenvalue weighted by Crippen LogP contribution is 2.37. The Bertz CT molecular complexity index is 1630. The van der Waals surface area contributed by atoms with Crippen LogP contribution in [0.1, 0.15) is 38.2 Å². The first-order valence-corrected chi connectivity index (χ1v) is 14.1. The second-order valence-electron chi connectivity index (χ2n) is 11.5. The standard InChI is InChI=1S/C31H32F3N5O4/c1-31(2,3)43-30(40)38-12-10-37(11-13-38)27-9-8-19(16-35-27)21-14-24-23(15-22(21)32)36-28-18-41-17-25(39(24)28)20-6-4-5-7-26(20)42-29(33)34/h4-9,14-16,25,29H,10-13,17-18H2,1-3H3/t25-/m1/s1. The van der Waals surface area contributed by atoms with Gasteiger partial charge in [0.2, 0.25) is 0 Å². The molecule has 6 rings (SSSR count). The number of nitrogens with zero attached hydrogens (tertiary/aromatic N) is 5. The summed E-state index contributed by atoms with van der Waals surface area (Å²) < 4.78 is 59.6.